The fourth-order valence-corrected chi connectivity index (χ4v) is 3.11. The first-order valence-corrected chi connectivity index (χ1v) is 8.49. The summed E-state index contributed by atoms with van der Waals surface area (Å²) in [5.74, 6) is -0.528. The second-order valence-corrected chi connectivity index (χ2v) is 6.60. The zero-order chi connectivity index (χ0) is 17.6. The van der Waals surface area contributed by atoms with Crippen molar-refractivity contribution in [1.82, 2.24) is 10.1 Å². The second kappa shape index (κ2) is 7.59. The number of sulfonamides is 1. The molecule has 1 amide bonds. The number of rotatable bonds is 6. The number of anilines is 1. The molecule has 0 bridgehead atoms. The van der Waals surface area contributed by atoms with Crippen LogP contribution in [0.2, 0.25) is 0 Å². The molecule has 0 atom stereocenters. The third kappa shape index (κ3) is 4.32. The highest BCUT2D eigenvalue weighted by Gasteiger charge is 2.19. The van der Waals surface area contributed by atoms with Gasteiger partial charge < -0.3 is 0 Å². The Kier molecular flexibility index (Phi) is 5.52. The summed E-state index contributed by atoms with van der Waals surface area (Å²) in [5.41, 5.74) is 3.32. The number of nitrogens with zero attached hydrogens (tertiary/aromatic N) is 2. The van der Waals surface area contributed by atoms with E-state index in [1.165, 1.54) is 23.2 Å². The van der Waals surface area contributed by atoms with Crippen LogP contribution in [0.3, 0.4) is 0 Å². The van der Waals surface area contributed by atoms with Gasteiger partial charge in [0.1, 0.15) is 6.07 Å². The van der Waals surface area contributed by atoms with Crippen molar-refractivity contribution in [3.63, 3.8) is 0 Å². The minimum Gasteiger partial charge on any atom is -0.289 e. The molecule has 0 aliphatic rings. The van der Waals surface area contributed by atoms with Crippen molar-refractivity contribution in [2.75, 3.05) is 18.6 Å². The van der Waals surface area contributed by atoms with Gasteiger partial charge in [-0.1, -0.05) is 30.3 Å². The molecule has 2 rings (SSSR count). The number of benzene rings is 2. The summed E-state index contributed by atoms with van der Waals surface area (Å²) >= 11 is 0. The molecule has 0 fully saturated rings. The van der Waals surface area contributed by atoms with E-state index in [1.54, 1.807) is 25.2 Å². The van der Waals surface area contributed by atoms with E-state index in [9.17, 15) is 13.2 Å². The summed E-state index contributed by atoms with van der Waals surface area (Å²) < 4.78 is 26.6. The van der Waals surface area contributed by atoms with Gasteiger partial charge in [-0.25, -0.2) is 13.1 Å². The van der Waals surface area contributed by atoms with E-state index in [1.807, 2.05) is 24.3 Å². The van der Waals surface area contributed by atoms with Gasteiger partial charge in [-0.05, 0) is 24.3 Å². The predicted octanol–water partition coefficient (Wildman–Crippen LogP) is 1.00. The Morgan fingerprint density at radius 1 is 1.12 bits per heavy atom. The molecule has 2 aromatic rings. The van der Waals surface area contributed by atoms with Gasteiger partial charge in [-0.2, -0.15) is 5.26 Å². The number of hydrogen-bond donors (Lipinski definition) is 2. The Morgan fingerprint density at radius 3 is 2.42 bits per heavy atom. The predicted molar refractivity (Wildman–Crippen MR) is 89.3 cm³/mol. The summed E-state index contributed by atoms with van der Waals surface area (Å²) in [4.78, 5) is 11.8. The van der Waals surface area contributed by atoms with Crippen LogP contribution in [-0.2, 0) is 14.8 Å². The maximum absolute atomic E-state index is 12.2. The minimum absolute atomic E-state index is 0.0202. The van der Waals surface area contributed by atoms with Crippen LogP contribution in [0.1, 0.15) is 5.56 Å². The summed E-state index contributed by atoms with van der Waals surface area (Å²) in [6.45, 7) is -0.445. The third-order valence-electron chi connectivity index (χ3n) is 3.16. The van der Waals surface area contributed by atoms with Gasteiger partial charge in [0.05, 0.1) is 22.7 Å². The molecule has 0 aromatic heterocycles. The van der Waals surface area contributed by atoms with Gasteiger partial charge in [0.25, 0.3) is 5.91 Å². The number of nitriles is 1. The lowest BCUT2D eigenvalue weighted by atomic mass is 10.2. The van der Waals surface area contributed by atoms with Crippen molar-refractivity contribution in [2.45, 2.75) is 4.90 Å². The molecule has 8 heteroatoms. The first-order valence-electron chi connectivity index (χ1n) is 7.01. The molecule has 0 radical (unpaired) electrons. The topological polar surface area (TPSA) is 102 Å². The zero-order valence-electron chi connectivity index (χ0n) is 12.9. The molecule has 124 valence electrons. The quantitative estimate of drug-likeness (QED) is 0.761. The van der Waals surface area contributed by atoms with Gasteiger partial charge in [0, 0.05) is 7.05 Å². The highest BCUT2D eigenvalue weighted by Crippen LogP contribution is 2.13. The molecular weight excluding hydrogens is 328 g/mol. The highest BCUT2D eigenvalue weighted by molar-refractivity contribution is 7.89. The number of hydrazine groups is 1. The SMILES string of the molecule is CN(NC(=O)CNS(=O)(=O)c1ccccc1C#N)c1ccccc1. The molecule has 0 aliphatic carbocycles. The van der Waals surface area contributed by atoms with Gasteiger partial charge in [0.15, 0.2) is 0 Å². The molecule has 0 saturated carbocycles. The fourth-order valence-electron chi connectivity index (χ4n) is 1.97. The maximum atomic E-state index is 12.2. The Labute approximate surface area is 140 Å². The molecular formula is C16H16N4O3S. The smallest absolute Gasteiger partial charge is 0.253 e. The molecule has 2 N–H and O–H groups in total. The lowest BCUT2D eigenvalue weighted by Gasteiger charge is -2.20. The van der Waals surface area contributed by atoms with Crippen molar-refractivity contribution in [3.8, 4) is 6.07 Å². The Hall–Kier alpha value is -2.89. The number of carbonyl (C=O) groups excluding carboxylic acids is 1. The lowest BCUT2D eigenvalue weighted by Crippen LogP contribution is -2.45. The lowest BCUT2D eigenvalue weighted by molar-refractivity contribution is -0.120. The van der Waals surface area contributed by atoms with Crippen molar-refractivity contribution < 1.29 is 13.2 Å². The molecule has 0 spiro atoms. The second-order valence-electron chi connectivity index (χ2n) is 4.86. The number of amides is 1. The van der Waals surface area contributed by atoms with Gasteiger partial charge >= 0.3 is 0 Å². The fraction of sp³-hybridized carbons (Fsp3) is 0.125. The Balaban J connectivity index is 2.00. The van der Waals surface area contributed by atoms with E-state index < -0.39 is 22.5 Å². The molecule has 2 aromatic carbocycles. The van der Waals surface area contributed by atoms with Gasteiger partial charge in [0.2, 0.25) is 10.0 Å². The summed E-state index contributed by atoms with van der Waals surface area (Å²) in [5, 5.41) is 10.5. The monoisotopic (exact) mass is 344 g/mol. The average Bonchev–Trinajstić information content (AvgIpc) is 2.60. The zero-order valence-corrected chi connectivity index (χ0v) is 13.7. The summed E-state index contributed by atoms with van der Waals surface area (Å²) in [7, 11) is -2.30. The van der Waals surface area contributed by atoms with E-state index in [4.69, 9.17) is 5.26 Å². The van der Waals surface area contributed by atoms with E-state index in [0.29, 0.717) is 0 Å². The molecule has 7 nitrogen and oxygen atoms in total. The van der Waals surface area contributed by atoms with Crippen LogP contribution in [0.5, 0.6) is 0 Å². The Morgan fingerprint density at radius 2 is 1.75 bits per heavy atom. The van der Waals surface area contributed by atoms with Crippen LogP contribution in [0.15, 0.2) is 59.5 Å². The largest absolute Gasteiger partial charge is 0.289 e. The molecule has 0 aliphatic heterocycles. The average molecular weight is 344 g/mol. The first kappa shape index (κ1) is 17.5. The van der Waals surface area contributed by atoms with E-state index in [-0.39, 0.29) is 10.5 Å². The molecule has 0 unspecified atom stereocenters. The number of carbonyl (C=O) groups is 1. The molecule has 24 heavy (non-hydrogen) atoms. The molecule has 0 heterocycles. The number of para-hydroxylation sites is 1. The minimum atomic E-state index is -3.95. The highest BCUT2D eigenvalue weighted by atomic mass is 32.2. The summed E-state index contributed by atoms with van der Waals surface area (Å²) in [6.07, 6.45) is 0. The van der Waals surface area contributed by atoms with Crippen LogP contribution in [0.4, 0.5) is 5.69 Å². The number of hydrogen-bond acceptors (Lipinski definition) is 5. The van der Waals surface area contributed by atoms with Crippen molar-refractivity contribution >= 4 is 21.6 Å². The standard InChI is InChI=1S/C16H16N4O3S/c1-20(14-8-3-2-4-9-14)19-16(21)12-18-24(22,23)15-10-6-5-7-13(15)11-17/h2-10,18H,12H2,1H3,(H,19,21). The van der Waals surface area contributed by atoms with Crippen LogP contribution >= 0.6 is 0 Å². The van der Waals surface area contributed by atoms with Crippen molar-refractivity contribution in [2.24, 2.45) is 0 Å². The van der Waals surface area contributed by atoms with Gasteiger partial charge in [-0.3, -0.25) is 15.2 Å². The van der Waals surface area contributed by atoms with Crippen LogP contribution < -0.4 is 15.2 Å². The van der Waals surface area contributed by atoms with Crippen molar-refractivity contribution in [1.29, 1.82) is 5.26 Å². The maximum Gasteiger partial charge on any atom is 0.253 e. The van der Waals surface area contributed by atoms with Crippen LogP contribution in [0.25, 0.3) is 0 Å². The van der Waals surface area contributed by atoms with E-state index >= 15 is 0 Å². The third-order valence-corrected chi connectivity index (χ3v) is 4.62. The van der Waals surface area contributed by atoms with Crippen LogP contribution in [-0.4, -0.2) is 27.9 Å². The molecule has 0 saturated heterocycles. The summed E-state index contributed by atoms with van der Waals surface area (Å²) in [6, 6.07) is 16.7. The van der Waals surface area contributed by atoms with E-state index in [2.05, 4.69) is 10.1 Å². The van der Waals surface area contributed by atoms with Gasteiger partial charge in [-0.15, -0.1) is 0 Å². The van der Waals surface area contributed by atoms with E-state index in [0.717, 1.165) is 5.69 Å². The van der Waals surface area contributed by atoms with Crippen molar-refractivity contribution in [3.05, 3.63) is 60.2 Å². The van der Waals surface area contributed by atoms with Crippen LogP contribution in [0, 0.1) is 11.3 Å². The Bertz CT molecular complexity index is 860. The first-order chi connectivity index (χ1) is 11.4. The number of nitrogens with one attached hydrogen (secondary N) is 2. The normalized spacial score (nSPS) is 10.7.